The molecule has 5 nitrogen and oxygen atoms in total. The van der Waals surface area contributed by atoms with Gasteiger partial charge in [-0.15, -0.1) is 0 Å². The van der Waals surface area contributed by atoms with Crippen LogP contribution in [0.1, 0.15) is 34.0 Å². The summed E-state index contributed by atoms with van der Waals surface area (Å²) in [5.41, 5.74) is 4.31. The summed E-state index contributed by atoms with van der Waals surface area (Å²) in [6.45, 7) is 3.08. The highest BCUT2D eigenvalue weighted by molar-refractivity contribution is 7.92. The molecule has 1 amide bonds. The fourth-order valence-electron chi connectivity index (χ4n) is 3.94. The number of hydrogen-bond acceptors (Lipinski definition) is 3. The van der Waals surface area contributed by atoms with E-state index in [9.17, 15) is 13.2 Å². The monoisotopic (exact) mass is 434 g/mol. The summed E-state index contributed by atoms with van der Waals surface area (Å²) in [5, 5.41) is 0. The Morgan fingerprint density at radius 3 is 2.03 bits per heavy atom. The van der Waals surface area contributed by atoms with Crippen molar-refractivity contribution in [2.45, 2.75) is 26.4 Å². The Kier molecular flexibility index (Phi) is 6.09. The van der Waals surface area contributed by atoms with E-state index in [4.69, 9.17) is 0 Å². The van der Waals surface area contributed by atoms with E-state index in [2.05, 4.69) is 0 Å². The second-order valence-corrected chi connectivity index (χ2v) is 9.88. The molecule has 1 aliphatic rings. The second kappa shape index (κ2) is 8.94. The Labute approximate surface area is 184 Å². The van der Waals surface area contributed by atoms with Gasteiger partial charge in [0.15, 0.2) is 0 Å². The maximum atomic E-state index is 13.5. The smallest absolute Gasteiger partial charge is 0.254 e. The zero-order valence-corrected chi connectivity index (χ0v) is 18.4. The van der Waals surface area contributed by atoms with Crippen molar-refractivity contribution in [3.63, 3.8) is 0 Å². The molecule has 0 N–H and O–H groups in total. The molecule has 3 aromatic rings. The first kappa shape index (κ1) is 21.1. The Bertz CT molecular complexity index is 1120. The zero-order valence-electron chi connectivity index (χ0n) is 17.6. The molecule has 0 atom stereocenters. The number of hydrogen-bond donors (Lipinski definition) is 0. The SMILES string of the molecule is CCS(=O)(=O)N1CCc2cc(C(=O)N(Cc3ccccc3)Cc3ccccc3)ccc21. The highest BCUT2D eigenvalue weighted by atomic mass is 32.2. The van der Waals surface area contributed by atoms with Crippen molar-refractivity contribution < 1.29 is 13.2 Å². The minimum absolute atomic E-state index is 0.0627. The van der Waals surface area contributed by atoms with Crippen LogP contribution in [-0.4, -0.2) is 31.5 Å². The van der Waals surface area contributed by atoms with Gasteiger partial charge in [0.2, 0.25) is 10.0 Å². The molecule has 0 spiro atoms. The van der Waals surface area contributed by atoms with E-state index in [1.54, 1.807) is 19.1 Å². The van der Waals surface area contributed by atoms with Gasteiger partial charge in [-0.1, -0.05) is 60.7 Å². The fraction of sp³-hybridized carbons (Fsp3) is 0.240. The van der Waals surface area contributed by atoms with Crippen molar-refractivity contribution in [2.75, 3.05) is 16.6 Å². The normalized spacial score (nSPS) is 13.1. The highest BCUT2D eigenvalue weighted by Gasteiger charge is 2.29. The van der Waals surface area contributed by atoms with Crippen LogP contribution in [0.3, 0.4) is 0 Å². The minimum Gasteiger partial charge on any atom is -0.330 e. The van der Waals surface area contributed by atoms with Gasteiger partial charge in [-0.2, -0.15) is 0 Å². The Morgan fingerprint density at radius 2 is 1.48 bits per heavy atom. The van der Waals surface area contributed by atoms with Gasteiger partial charge in [0.25, 0.3) is 5.91 Å². The van der Waals surface area contributed by atoms with Crippen LogP contribution in [-0.2, 0) is 29.5 Å². The molecule has 0 radical (unpaired) electrons. The molecule has 0 aliphatic carbocycles. The van der Waals surface area contributed by atoms with Gasteiger partial charge in [0.05, 0.1) is 11.4 Å². The van der Waals surface area contributed by atoms with Crippen molar-refractivity contribution in [3.05, 3.63) is 101 Å². The molecule has 4 rings (SSSR count). The van der Waals surface area contributed by atoms with Gasteiger partial charge in [0, 0.05) is 25.2 Å². The van der Waals surface area contributed by atoms with Crippen LogP contribution in [0.15, 0.2) is 78.9 Å². The molecule has 31 heavy (non-hydrogen) atoms. The lowest BCUT2D eigenvalue weighted by molar-refractivity contribution is 0.0730. The van der Waals surface area contributed by atoms with Crippen LogP contribution in [0.2, 0.25) is 0 Å². The average molecular weight is 435 g/mol. The van der Waals surface area contributed by atoms with Crippen molar-refractivity contribution in [3.8, 4) is 0 Å². The molecule has 3 aromatic carbocycles. The van der Waals surface area contributed by atoms with E-state index >= 15 is 0 Å². The lowest BCUT2D eigenvalue weighted by atomic mass is 10.1. The summed E-state index contributed by atoms with van der Waals surface area (Å²) in [6.07, 6.45) is 0.618. The van der Waals surface area contributed by atoms with Gasteiger partial charge < -0.3 is 4.90 Å². The number of benzene rings is 3. The average Bonchev–Trinajstić information content (AvgIpc) is 3.24. The number of sulfonamides is 1. The maximum Gasteiger partial charge on any atom is 0.254 e. The summed E-state index contributed by atoms with van der Waals surface area (Å²) in [4.78, 5) is 15.3. The van der Waals surface area contributed by atoms with Crippen molar-refractivity contribution >= 4 is 21.6 Å². The van der Waals surface area contributed by atoms with Crippen molar-refractivity contribution in [2.24, 2.45) is 0 Å². The van der Waals surface area contributed by atoms with Crippen molar-refractivity contribution in [1.82, 2.24) is 4.90 Å². The molecule has 160 valence electrons. The number of anilines is 1. The molecule has 1 aliphatic heterocycles. The molecule has 0 aromatic heterocycles. The predicted molar refractivity (Wildman–Crippen MR) is 123 cm³/mol. The standard InChI is InChI=1S/C25H26N2O3S/c1-2-31(29,30)27-16-15-22-17-23(13-14-24(22)27)25(28)26(18-20-9-5-3-6-10-20)19-21-11-7-4-8-12-21/h3-14,17H,2,15-16,18-19H2,1H3. The highest BCUT2D eigenvalue weighted by Crippen LogP contribution is 2.31. The van der Waals surface area contributed by atoms with Crippen LogP contribution >= 0.6 is 0 Å². The van der Waals surface area contributed by atoms with Gasteiger partial charge >= 0.3 is 0 Å². The topological polar surface area (TPSA) is 57.7 Å². The van der Waals surface area contributed by atoms with Crippen molar-refractivity contribution in [1.29, 1.82) is 0 Å². The van der Waals surface area contributed by atoms with Crippen LogP contribution < -0.4 is 4.31 Å². The molecule has 6 heteroatoms. The molecule has 0 saturated heterocycles. The molecular formula is C25H26N2O3S. The summed E-state index contributed by atoms with van der Waals surface area (Å²) in [7, 11) is -3.30. The Morgan fingerprint density at radius 1 is 0.903 bits per heavy atom. The first-order valence-electron chi connectivity index (χ1n) is 10.5. The number of amides is 1. The molecule has 0 bridgehead atoms. The maximum absolute atomic E-state index is 13.5. The lowest BCUT2D eigenvalue weighted by Gasteiger charge is -2.24. The van der Waals surface area contributed by atoms with Gasteiger partial charge in [-0.05, 0) is 48.2 Å². The zero-order chi connectivity index (χ0) is 21.8. The van der Waals surface area contributed by atoms with Crippen LogP contribution in [0.5, 0.6) is 0 Å². The number of carbonyl (C=O) groups excluding carboxylic acids is 1. The number of carbonyl (C=O) groups is 1. The summed E-state index contributed by atoms with van der Waals surface area (Å²) >= 11 is 0. The third kappa shape index (κ3) is 4.64. The lowest BCUT2D eigenvalue weighted by Crippen LogP contribution is -2.31. The van der Waals surface area contributed by atoms with E-state index < -0.39 is 10.0 Å². The predicted octanol–water partition coefficient (Wildman–Crippen LogP) is 4.24. The molecule has 0 fully saturated rings. The van der Waals surface area contributed by atoms with Crippen LogP contribution in [0.25, 0.3) is 0 Å². The van der Waals surface area contributed by atoms with Gasteiger partial charge in [-0.3, -0.25) is 9.10 Å². The molecule has 0 unspecified atom stereocenters. The quantitative estimate of drug-likeness (QED) is 0.559. The first-order chi connectivity index (χ1) is 15.0. The van der Waals surface area contributed by atoms with Gasteiger partial charge in [-0.25, -0.2) is 8.42 Å². The molecular weight excluding hydrogens is 408 g/mol. The number of fused-ring (bicyclic) bond motifs is 1. The summed E-state index contributed by atoms with van der Waals surface area (Å²) < 4.78 is 26.2. The molecule has 1 heterocycles. The third-order valence-corrected chi connectivity index (χ3v) is 7.38. The largest absolute Gasteiger partial charge is 0.330 e. The number of nitrogens with zero attached hydrogens (tertiary/aromatic N) is 2. The van der Waals surface area contributed by atoms with Crippen LogP contribution in [0.4, 0.5) is 5.69 Å². The van der Waals surface area contributed by atoms with Gasteiger partial charge in [0.1, 0.15) is 0 Å². The van der Waals surface area contributed by atoms with E-state index in [-0.39, 0.29) is 11.7 Å². The Hall–Kier alpha value is -3.12. The van der Waals surface area contributed by atoms with Crippen LogP contribution in [0, 0.1) is 0 Å². The molecule has 0 saturated carbocycles. The fourth-order valence-corrected chi connectivity index (χ4v) is 5.10. The Balaban J connectivity index is 1.62. The third-order valence-electron chi connectivity index (χ3n) is 5.60. The van der Waals surface area contributed by atoms with E-state index in [0.717, 1.165) is 16.7 Å². The second-order valence-electron chi connectivity index (χ2n) is 7.70. The number of rotatable bonds is 7. The minimum atomic E-state index is -3.30. The van der Waals surface area contributed by atoms with E-state index in [1.165, 1.54) is 4.31 Å². The summed E-state index contributed by atoms with van der Waals surface area (Å²) in [5.74, 6) is 0.00185. The van der Waals surface area contributed by atoms with E-state index in [1.807, 2.05) is 71.6 Å². The first-order valence-corrected chi connectivity index (χ1v) is 12.1. The van der Waals surface area contributed by atoms with E-state index in [0.29, 0.717) is 37.3 Å². The summed E-state index contributed by atoms with van der Waals surface area (Å²) in [6, 6.07) is 25.2.